The standard InChI is InChI=1S/C11H14N2O3S/c1-2-16-10(14)6-17-9-4-3-7(12)5-8(9)11(13)15/h3-5H,2,6,12H2,1H3,(H2,13,15). The molecule has 0 bridgehead atoms. The minimum Gasteiger partial charge on any atom is -0.465 e. The van der Waals surface area contributed by atoms with Crippen LogP contribution in [0.3, 0.4) is 0 Å². The molecular weight excluding hydrogens is 240 g/mol. The molecule has 0 unspecified atom stereocenters. The van der Waals surface area contributed by atoms with Crippen LogP contribution in [-0.4, -0.2) is 24.2 Å². The largest absolute Gasteiger partial charge is 0.465 e. The highest BCUT2D eigenvalue weighted by Crippen LogP contribution is 2.24. The van der Waals surface area contributed by atoms with Crippen LogP contribution in [0.1, 0.15) is 17.3 Å². The predicted molar refractivity (Wildman–Crippen MR) is 66.7 cm³/mol. The van der Waals surface area contributed by atoms with E-state index in [4.69, 9.17) is 16.2 Å². The third-order valence-electron chi connectivity index (χ3n) is 1.92. The molecule has 1 amide bonds. The number of amides is 1. The number of nitrogen functional groups attached to an aromatic ring is 1. The maximum absolute atomic E-state index is 11.2. The second-order valence-electron chi connectivity index (χ2n) is 3.21. The molecule has 5 nitrogen and oxygen atoms in total. The third-order valence-corrected chi connectivity index (χ3v) is 2.97. The smallest absolute Gasteiger partial charge is 0.316 e. The van der Waals surface area contributed by atoms with Crippen LogP contribution in [0, 0.1) is 0 Å². The molecule has 0 heterocycles. The van der Waals surface area contributed by atoms with Gasteiger partial charge in [-0.2, -0.15) is 0 Å². The van der Waals surface area contributed by atoms with Gasteiger partial charge in [0.25, 0.3) is 0 Å². The molecule has 92 valence electrons. The first-order chi connectivity index (χ1) is 8.04. The topological polar surface area (TPSA) is 95.4 Å². The zero-order valence-corrected chi connectivity index (χ0v) is 10.3. The summed E-state index contributed by atoms with van der Waals surface area (Å²) in [7, 11) is 0. The summed E-state index contributed by atoms with van der Waals surface area (Å²) in [5.74, 6) is -0.758. The Kier molecular flexibility index (Phi) is 4.84. The first-order valence-corrected chi connectivity index (χ1v) is 6.01. The molecule has 1 aromatic carbocycles. The van der Waals surface area contributed by atoms with Crippen molar-refractivity contribution < 1.29 is 14.3 Å². The maximum atomic E-state index is 11.2. The van der Waals surface area contributed by atoms with E-state index in [1.54, 1.807) is 19.1 Å². The number of thioether (sulfide) groups is 1. The van der Waals surface area contributed by atoms with Crippen LogP contribution in [0.15, 0.2) is 23.1 Å². The molecule has 0 aromatic heterocycles. The average molecular weight is 254 g/mol. The molecule has 1 rings (SSSR count). The second-order valence-corrected chi connectivity index (χ2v) is 4.23. The molecule has 0 fully saturated rings. The number of hydrogen-bond acceptors (Lipinski definition) is 5. The number of benzene rings is 1. The summed E-state index contributed by atoms with van der Waals surface area (Å²) in [6.45, 7) is 2.07. The molecule has 4 N–H and O–H groups in total. The Labute approximate surface area is 103 Å². The van der Waals surface area contributed by atoms with E-state index in [-0.39, 0.29) is 11.7 Å². The highest BCUT2D eigenvalue weighted by atomic mass is 32.2. The number of hydrogen-bond donors (Lipinski definition) is 2. The van der Waals surface area contributed by atoms with Gasteiger partial charge < -0.3 is 16.2 Å². The normalized spacial score (nSPS) is 9.94. The Morgan fingerprint density at radius 2 is 2.12 bits per heavy atom. The Balaban J connectivity index is 2.77. The van der Waals surface area contributed by atoms with Crippen LogP contribution in [0.2, 0.25) is 0 Å². The summed E-state index contributed by atoms with van der Waals surface area (Å²) >= 11 is 1.20. The van der Waals surface area contributed by atoms with Gasteiger partial charge in [0.05, 0.1) is 17.9 Å². The van der Waals surface area contributed by atoms with Crippen molar-refractivity contribution in [1.82, 2.24) is 0 Å². The van der Waals surface area contributed by atoms with E-state index in [2.05, 4.69) is 0 Å². The van der Waals surface area contributed by atoms with Crippen LogP contribution in [0.4, 0.5) is 5.69 Å². The SMILES string of the molecule is CCOC(=O)CSc1ccc(N)cc1C(N)=O. The zero-order chi connectivity index (χ0) is 12.8. The molecule has 0 radical (unpaired) electrons. The van der Waals surface area contributed by atoms with Crippen LogP contribution in [0.25, 0.3) is 0 Å². The lowest BCUT2D eigenvalue weighted by molar-refractivity contribution is -0.139. The maximum Gasteiger partial charge on any atom is 0.316 e. The van der Waals surface area contributed by atoms with Crippen molar-refractivity contribution in [3.63, 3.8) is 0 Å². The van der Waals surface area contributed by atoms with Crippen LogP contribution >= 0.6 is 11.8 Å². The summed E-state index contributed by atoms with van der Waals surface area (Å²) in [4.78, 5) is 23.0. The Hall–Kier alpha value is -1.69. The first kappa shape index (κ1) is 13.4. The van der Waals surface area contributed by atoms with E-state index in [1.165, 1.54) is 17.8 Å². The quantitative estimate of drug-likeness (QED) is 0.464. The van der Waals surface area contributed by atoms with Crippen molar-refractivity contribution in [2.75, 3.05) is 18.1 Å². The molecular formula is C11H14N2O3S. The van der Waals surface area contributed by atoms with Gasteiger partial charge in [0.15, 0.2) is 0 Å². The van der Waals surface area contributed by atoms with E-state index >= 15 is 0 Å². The molecule has 0 saturated carbocycles. The first-order valence-electron chi connectivity index (χ1n) is 5.02. The van der Waals surface area contributed by atoms with Gasteiger partial charge in [-0.25, -0.2) is 0 Å². The van der Waals surface area contributed by atoms with E-state index in [1.807, 2.05) is 0 Å². The molecule has 0 saturated heterocycles. The van der Waals surface area contributed by atoms with Crippen molar-refractivity contribution in [2.24, 2.45) is 5.73 Å². The van der Waals surface area contributed by atoms with Gasteiger partial charge in [-0.05, 0) is 25.1 Å². The fourth-order valence-electron chi connectivity index (χ4n) is 1.21. The summed E-state index contributed by atoms with van der Waals surface area (Å²) in [5, 5.41) is 0. The number of carbonyl (C=O) groups excluding carboxylic acids is 2. The van der Waals surface area contributed by atoms with Crippen LogP contribution in [0.5, 0.6) is 0 Å². The number of esters is 1. The van der Waals surface area contributed by atoms with Gasteiger partial charge in [-0.1, -0.05) is 0 Å². The summed E-state index contributed by atoms with van der Waals surface area (Å²) in [6, 6.07) is 4.81. The van der Waals surface area contributed by atoms with Crippen molar-refractivity contribution in [3.05, 3.63) is 23.8 Å². The second kappa shape index (κ2) is 6.15. The molecule has 1 aromatic rings. The fourth-order valence-corrected chi connectivity index (χ4v) is 2.04. The van der Waals surface area contributed by atoms with E-state index in [0.29, 0.717) is 22.8 Å². The van der Waals surface area contributed by atoms with E-state index < -0.39 is 5.91 Å². The molecule has 0 aliphatic heterocycles. The molecule has 17 heavy (non-hydrogen) atoms. The van der Waals surface area contributed by atoms with E-state index in [0.717, 1.165) is 0 Å². The number of carbonyl (C=O) groups is 2. The lowest BCUT2D eigenvalue weighted by atomic mass is 10.2. The average Bonchev–Trinajstić information content (AvgIpc) is 2.27. The fraction of sp³-hybridized carbons (Fsp3) is 0.273. The Morgan fingerprint density at radius 3 is 2.71 bits per heavy atom. The third kappa shape index (κ3) is 3.99. The van der Waals surface area contributed by atoms with Gasteiger partial charge in [0, 0.05) is 10.6 Å². The van der Waals surface area contributed by atoms with Crippen molar-refractivity contribution in [2.45, 2.75) is 11.8 Å². The van der Waals surface area contributed by atoms with Gasteiger partial charge in [-0.15, -0.1) is 11.8 Å². The number of ether oxygens (including phenoxy) is 1. The number of rotatable bonds is 5. The Bertz CT molecular complexity index is 435. The summed E-state index contributed by atoms with van der Waals surface area (Å²) in [6.07, 6.45) is 0. The number of primary amides is 1. The summed E-state index contributed by atoms with van der Waals surface area (Å²) < 4.78 is 4.79. The predicted octanol–water partition coefficient (Wildman–Crippen LogP) is 1.02. The molecule has 0 aliphatic rings. The van der Waals surface area contributed by atoms with Crippen LogP contribution in [-0.2, 0) is 9.53 Å². The van der Waals surface area contributed by atoms with Gasteiger partial charge >= 0.3 is 5.97 Å². The molecule has 6 heteroatoms. The number of anilines is 1. The zero-order valence-electron chi connectivity index (χ0n) is 9.43. The lowest BCUT2D eigenvalue weighted by Gasteiger charge is -2.07. The van der Waals surface area contributed by atoms with E-state index in [9.17, 15) is 9.59 Å². The van der Waals surface area contributed by atoms with Crippen LogP contribution < -0.4 is 11.5 Å². The highest BCUT2D eigenvalue weighted by molar-refractivity contribution is 8.00. The minimum absolute atomic E-state index is 0.137. The van der Waals surface area contributed by atoms with Crippen molar-refractivity contribution >= 4 is 29.3 Å². The molecule has 0 atom stereocenters. The van der Waals surface area contributed by atoms with Crippen molar-refractivity contribution in [3.8, 4) is 0 Å². The Morgan fingerprint density at radius 1 is 1.41 bits per heavy atom. The van der Waals surface area contributed by atoms with Crippen molar-refractivity contribution in [1.29, 1.82) is 0 Å². The van der Waals surface area contributed by atoms with Gasteiger partial charge in [0.1, 0.15) is 0 Å². The summed E-state index contributed by atoms with van der Waals surface area (Å²) in [5.41, 5.74) is 11.6. The minimum atomic E-state index is -0.566. The lowest BCUT2D eigenvalue weighted by Crippen LogP contribution is -2.13. The van der Waals surface area contributed by atoms with Gasteiger partial charge in [-0.3, -0.25) is 9.59 Å². The molecule has 0 aliphatic carbocycles. The van der Waals surface area contributed by atoms with Gasteiger partial charge in [0.2, 0.25) is 5.91 Å². The monoisotopic (exact) mass is 254 g/mol. The molecule has 0 spiro atoms. The number of nitrogens with two attached hydrogens (primary N) is 2. The highest BCUT2D eigenvalue weighted by Gasteiger charge is 2.11.